The fourth-order valence-electron chi connectivity index (χ4n) is 2.20. The minimum absolute atomic E-state index is 0.319. The summed E-state index contributed by atoms with van der Waals surface area (Å²) in [6.45, 7) is 6.29. The average molecular weight is 290 g/mol. The van der Waals surface area contributed by atoms with E-state index < -0.39 is 0 Å². The number of rotatable bonds is 5. The van der Waals surface area contributed by atoms with Gasteiger partial charge in [0.1, 0.15) is 10.8 Å². The molecule has 1 aromatic heterocycles. The van der Waals surface area contributed by atoms with Crippen LogP contribution >= 0.6 is 11.3 Å². The highest BCUT2D eigenvalue weighted by atomic mass is 32.1. The van der Waals surface area contributed by atoms with Crippen molar-refractivity contribution in [3.8, 4) is 17.0 Å². The van der Waals surface area contributed by atoms with Crippen molar-refractivity contribution < 1.29 is 4.74 Å². The molecular formula is C16H22N2OS. The van der Waals surface area contributed by atoms with Crippen molar-refractivity contribution in [1.29, 1.82) is 0 Å². The Kier molecular flexibility index (Phi) is 4.45. The van der Waals surface area contributed by atoms with Crippen LogP contribution in [-0.4, -0.2) is 12.1 Å². The summed E-state index contributed by atoms with van der Waals surface area (Å²) >= 11 is 1.63. The first kappa shape index (κ1) is 15.0. The van der Waals surface area contributed by atoms with Gasteiger partial charge in [-0.15, -0.1) is 11.3 Å². The molecule has 0 aliphatic rings. The maximum atomic E-state index is 6.43. The molecule has 0 radical (unpaired) electrons. The Morgan fingerprint density at radius 2 is 2.00 bits per heavy atom. The molecule has 0 aliphatic heterocycles. The molecule has 1 aromatic carbocycles. The molecular weight excluding hydrogens is 268 g/mol. The summed E-state index contributed by atoms with van der Waals surface area (Å²) in [5, 5.41) is 3.07. The van der Waals surface area contributed by atoms with Crippen LogP contribution in [0.25, 0.3) is 11.3 Å². The van der Waals surface area contributed by atoms with Crippen LogP contribution in [-0.2, 0) is 5.54 Å². The smallest absolute Gasteiger partial charge is 0.128 e. The van der Waals surface area contributed by atoms with E-state index in [9.17, 15) is 0 Å². The van der Waals surface area contributed by atoms with E-state index in [4.69, 9.17) is 15.5 Å². The molecule has 3 nitrogen and oxygen atoms in total. The maximum Gasteiger partial charge on any atom is 0.128 e. The fourth-order valence-corrected chi connectivity index (χ4v) is 3.28. The van der Waals surface area contributed by atoms with E-state index in [1.807, 2.05) is 12.1 Å². The summed E-state index contributed by atoms with van der Waals surface area (Å²) in [6, 6.07) is 6.13. The highest BCUT2D eigenvalue weighted by Gasteiger charge is 2.27. The van der Waals surface area contributed by atoms with Crippen molar-refractivity contribution in [2.24, 2.45) is 5.73 Å². The molecule has 108 valence electrons. The van der Waals surface area contributed by atoms with Crippen molar-refractivity contribution in [3.05, 3.63) is 34.2 Å². The highest BCUT2D eigenvalue weighted by Crippen LogP contribution is 2.35. The van der Waals surface area contributed by atoms with Gasteiger partial charge >= 0.3 is 0 Å². The van der Waals surface area contributed by atoms with Gasteiger partial charge in [-0.25, -0.2) is 4.98 Å². The van der Waals surface area contributed by atoms with E-state index in [2.05, 4.69) is 32.2 Å². The molecule has 0 aliphatic carbocycles. The molecule has 2 rings (SSSR count). The zero-order chi connectivity index (χ0) is 14.8. The molecule has 0 saturated carbocycles. The lowest BCUT2D eigenvalue weighted by atomic mass is 9.95. The molecule has 2 aromatic rings. The van der Waals surface area contributed by atoms with E-state index in [1.54, 1.807) is 18.4 Å². The molecule has 20 heavy (non-hydrogen) atoms. The van der Waals surface area contributed by atoms with E-state index >= 15 is 0 Å². The molecule has 0 unspecified atom stereocenters. The lowest BCUT2D eigenvalue weighted by molar-refractivity contribution is 0.410. The summed E-state index contributed by atoms with van der Waals surface area (Å²) in [7, 11) is 1.69. The van der Waals surface area contributed by atoms with Crippen LogP contribution in [0.3, 0.4) is 0 Å². The van der Waals surface area contributed by atoms with E-state index in [0.29, 0.717) is 0 Å². The molecule has 1 heterocycles. The number of thiazole rings is 1. The minimum Gasteiger partial charge on any atom is -0.496 e. The Hall–Kier alpha value is -1.39. The van der Waals surface area contributed by atoms with Crippen LogP contribution in [0.5, 0.6) is 5.75 Å². The molecule has 2 N–H and O–H groups in total. The van der Waals surface area contributed by atoms with Gasteiger partial charge in [-0.2, -0.15) is 0 Å². The van der Waals surface area contributed by atoms with Crippen molar-refractivity contribution in [3.63, 3.8) is 0 Å². The molecule has 0 saturated heterocycles. The third kappa shape index (κ3) is 2.72. The SMILES string of the molecule is CCC(N)(CC)c1nc(-c2cc(C)ccc2OC)cs1. The van der Waals surface area contributed by atoms with Crippen LogP contribution in [0.15, 0.2) is 23.6 Å². The Morgan fingerprint density at radius 1 is 1.30 bits per heavy atom. The van der Waals surface area contributed by atoms with Crippen LogP contribution in [0.2, 0.25) is 0 Å². The zero-order valence-electron chi connectivity index (χ0n) is 12.6. The molecule has 0 amide bonds. The highest BCUT2D eigenvalue weighted by molar-refractivity contribution is 7.10. The summed E-state index contributed by atoms with van der Waals surface area (Å²) < 4.78 is 5.44. The third-order valence-corrected chi connectivity index (χ3v) is 4.89. The lowest BCUT2D eigenvalue weighted by Gasteiger charge is -2.23. The number of nitrogens with zero attached hydrogens (tertiary/aromatic N) is 1. The normalized spacial score (nSPS) is 11.7. The maximum absolute atomic E-state index is 6.43. The summed E-state index contributed by atoms with van der Waals surface area (Å²) in [6.07, 6.45) is 1.78. The third-order valence-electron chi connectivity index (χ3n) is 3.82. The second-order valence-corrected chi connectivity index (χ2v) is 5.96. The van der Waals surface area contributed by atoms with Crippen LogP contribution < -0.4 is 10.5 Å². The van der Waals surface area contributed by atoms with Gasteiger partial charge in [-0.1, -0.05) is 25.5 Å². The lowest BCUT2D eigenvalue weighted by Crippen LogP contribution is -2.34. The van der Waals surface area contributed by atoms with E-state index in [0.717, 1.165) is 34.9 Å². The van der Waals surface area contributed by atoms with E-state index in [-0.39, 0.29) is 5.54 Å². The van der Waals surface area contributed by atoms with Crippen molar-refractivity contribution in [2.75, 3.05) is 7.11 Å². The molecule has 0 bridgehead atoms. The summed E-state index contributed by atoms with van der Waals surface area (Å²) in [4.78, 5) is 4.76. The van der Waals surface area contributed by atoms with Crippen molar-refractivity contribution >= 4 is 11.3 Å². The molecule has 0 fully saturated rings. The van der Waals surface area contributed by atoms with Gasteiger partial charge < -0.3 is 10.5 Å². The number of ether oxygens (including phenoxy) is 1. The predicted molar refractivity (Wildman–Crippen MR) is 85.3 cm³/mol. The second kappa shape index (κ2) is 5.94. The average Bonchev–Trinajstić information content (AvgIpc) is 2.96. The predicted octanol–water partition coefficient (Wildman–Crippen LogP) is 4.10. The standard InChI is InChI=1S/C16H22N2OS/c1-5-16(17,6-2)15-18-13(10-20-15)12-9-11(3)7-8-14(12)19-4/h7-10H,5-6,17H2,1-4H3. The first-order chi connectivity index (χ1) is 9.54. The number of hydrogen-bond acceptors (Lipinski definition) is 4. The molecule has 0 atom stereocenters. The molecule has 0 spiro atoms. The Labute approximate surface area is 124 Å². The Bertz CT molecular complexity index is 588. The number of benzene rings is 1. The first-order valence-corrected chi connectivity index (χ1v) is 7.82. The van der Waals surface area contributed by atoms with Crippen molar-refractivity contribution in [2.45, 2.75) is 39.2 Å². The van der Waals surface area contributed by atoms with Gasteiger partial charge in [-0.3, -0.25) is 0 Å². The summed E-state index contributed by atoms with van der Waals surface area (Å²) in [5.41, 5.74) is 9.28. The second-order valence-electron chi connectivity index (χ2n) is 5.10. The molecule has 4 heteroatoms. The monoisotopic (exact) mass is 290 g/mol. The number of methoxy groups -OCH3 is 1. The Balaban J connectivity index is 2.46. The summed E-state index contributed by atoms with van der Waals surface area (Å²) in [5.74, 6) is 0.850. The number of hydrogen-bond donors (Lipinski definition) is 1. The van der Waals surface area contributed by atoms with Gasteiger partial charge in [0.25, 0.3) is 0 Å². The van der Waals surface area contributed by atoms with Gasteiger partial charge in [0.15, 0.2) is 0 Å². The first-order valence-electron chi connectivity index (χ1n) is 6.94. The number of nitrogens with two attached hydrogens (primary N) is 1. The van der Waals surface area contributed by atoms with E-state index in [1.165, 1.54) is 5.56 Å². The quantitative estimate of drug-likeness (QED) is 0.901. The van der Waals surface area contributed by atoms with Crippen LogP contribution in [0, 0.1) is 6.92 Å². The largest absolute Gasteiger partial charge is 0.496 e. The van der Waals surface area contributed by atoms with Gasteiger partial charge in [0, 0.05) is 10.9 Å². The van der Waals surface area contributed by atoms with Crippen LogP contribution in [0.4, 0.5) is 0 Å². The van der Waals surface area contributed by atoms with Crippen molar-refractivity contribution in [1.82, 2.24) is 4.98 Å². The number of aryl methyl sites for hydroxylation is 1. The Morgan fingerprint density at radius 3 is 2.60 bits per heavy atom. The van der Waals surface area contributed by atoms with Gasteiger partial charge in [-0.05, 0) is 31.9 Å². The number of aromatic nitrogens is 1. The topological polar surface area (TPSA) is 48.1 Å². The van der Waals surface area contributed by atoms with Gasteiger partial charge in [0.2, 0.25) is 0 Å². The van der Waals surface area contributed by atoms with Crippen LogP contribution in [0.1, 0.15) is 37.3 Å². The zero-order valence-corrected chi connectivity index (χ0v) is 13.4. The van der Waals surface area contributed by atoms with Gasteiger partial charge in [0.05, 0.1) is 18.3 Å². The minimum atomic E-state index is -0.319. The fraction of sp³-hybridized carbons (Fsp3) is 0.438.